The van der Waals surface area contributed by atoms with Gasteiger partial charge in [0.25, 0.3) is 0 Å². The quantitative estimate of drug-likeness (QED) is 0.720. The smallest absolute Gasteiger partial charge is 0.123 e. The first kappa shape index (κ1) is 17.9. The van der Waals surface area contributed by atoms with Crippen molar-refractivity contribution >= 4 is 10.9 Å². The fourth-order valence-corrected chi connectivity index (χ4v) is 5.61. The standard InChI is InChI=1S/C24H27FN2O/c1-15-12-18-13-21-22(23(15)26(18)3)19-6-4-5-7-20(19)27(21)14-24(2,28)16-8-10-17(25)11-9-16/h4-11,15,18,23,28H,12-14H2,1-3H3/t15-,18+,23-,24?/m0/s1. The minimum Gasteiger partial charge on any atom is -0.384 e. The largest absolute Gasteiger partial charge is 0.384 e. The molecule has 4 heteroatoms. The van der Waals surface area contributed by atoms with Crippen molar-refractivity contribution in [2.75, 3.05) is 7.05 Å². The molecule has 0 amide bonds. The molecule has 5 rings (SSSR count). The lowest BCUT2D eigenvalue weighted by molar-refractivity contribution is 0.0381. The molecule has 3 aromatic rings. The summed E-state index contributed by atoms with van der Waals surface area (Å²) in [7, 11) is 2.25. The molecular weight excluding hydrogens is 351 g/mol. The van der Waals surface area contributed by atoms with Gasteiger partial charge in [-0.25, -0.2) is 4.39 Å². The Balaban J connectivity index is 1.65. The zero-order valence-electron chi connectivity index (χ0n) is 16.7. The van der Waals surface area contributed by atoms with Gasteiger partial charge in [0.1, 0.15) is 11.4 Å². The summed E-state index contributed by atoms with van der Waals surface area (Å²) in [4.78, 5) is 2.54. The number of para-hydroxylation sites is 1. The molecule has 0 radical (unpaired) electrons. The molecule has 1 saturated heterocycles. The molecule has 2 aliphatic heterocycles. The summed E-state index contributed by atoms with van der Waals surface area (Å²) >= 11 is 0. The van der Waals surface area contributed by atoms with Gasteiger partial charge >= 0.3 is 0 Å². The third kappa shape index (κ3) is 2.55. The molecule has 0 aliphatic carbocycles. The average molecular weight is 378 g/mol. The molecule has 146 valence electrons. The Morgan fingerprint density at radius 3 is 2.61 bits per heavy atom. The Morgan fingerprint density at radius 2 is 1.86 bits per heavy atom. The van der Waals surface area contributed by atoms with E-state index in [1.165, 1.54) is 40.7 Å². The number of hydrogen-bond acceptors (Lipinski definition) is 2. The molecule has 3 heterocycles. The van der Waals surface area contributed by atoms with Gasteiger partial charge in [0, 0.05) is 35.1 Å². The zero-order valence-corrected chi connectivity index (χ0v) is 16.7. The lowest BCUT2D eigenvalue weighted by Crippen LogP contribution is -2.36. The summed E-state index contributed by atoms with van der Waals surface area (Å²) < 4.78 is 15.7. The van der Waals surface area contributed by atoms with Crippen molar-refractivity contribution in [3.8, 4) is 0 Å². The van der Waals surface area contributed by atoms with Gasteiger partial charge in [0.2, 0.25) is 0 Å². The van der Waals surface area contributed by atoms with Gasteiger partial charge < -0.3 is 9.67 Å². The average Bonchev–Trinajstić information content (AvgIpc) is 3.04. The predicted molar refractivity (Wildman–Crippen MR) is 110 cm³/mol. The van der Waals surface area contributed by atoms with E-state index < -0.39 is 5.60 Å². The van der Waals surface area contributed by atoms with Crippen LogP contribution in [0.1, 0.15) is 43.1 Å². The molecule has 1 aromatic heterocycles. The van der Waals surface area contributed by atoms with Crippen molar-refractivity contribution in [1.29, 1.82) is 0 Å². The highest BCUT2D eigenvalue weighted by Crippen LogP contribution is 2.50. The maximum absolute atomic E-state index is 13.4. The normalized spacial score (nSPS) is 26.4. The Kier molecular flexibility index (Phi) is 3.94. The predicted octanol–water partition coefficient (Wildman–Crippen LogP) is 4.63. The van der Waals surface area contributed by atoms with Crippen LogP contribution < -0.4 is 0 Å². The third-order valence-electron chi connectivity index (χ3n) is 6.98. The van der Waals surface area contributed by atoms with Crippen molar-refractivity contribution in [2.24, 2.45) is 5.92 Å². The van der Waals surface area contributed by atoms with Gasteiger partial charge in [0.05, 0.1) is 6.54 Å². The Labute approximate surface area is 165 Å². The second kappa shape index (κ2) is 6.16. The van der Waals surface area contributed by atoms with Crippen LogP contribution in [0.4, 0.5) is 4.39 Å². The summed E-state index contributed by atoms with van der Waals surface area (Å²) in [6.45, 7) is 4.65. The van der Waals surface area contributed by atoms with Crippen molar-refractivity contribution in [3.63, 3.8) is 0 Å². The van der Waals surface area contributed by atoms with Crippen molar-refractivity contribution in [2.45, 2.75) is 50.9 Å². The van der Waals surface area contributed by atoms with Crippen molar-refractivity contribution < 1.29 is 9.50 Å². The summed E-state index contributed by atoms with van der Waals surface area (Å²) in [5, 5.41) is 12.6. The van der Waals surface area contributed by atoms with Crippen LogP contribution in [0, 0.1) is 11.7 Å². The molecule has 2 aliphatic rings. The molecule has 1 unspecified atom stereocenters. The van der Waals surface area contributed by atoms with Crippen LogP contribution in [0.25, 0.3) is 10.9 Å². The van der Waals surface area contributed by atoms with Crippen LogP contribution in [-0.2, 0) is 18.6 Å². The SMILES string of the molecule is C[C@H]1C[C@@H]2Cc3c(c4ccccc4n3CC(C)(O)c3ccc(F)cc3)[C@H]1N2C. The summed E-state index contributed by atoms with van der Waals surface area (Å²) in [5.74, 6) is 0.352. The van der Waals surface area contributed by atoms with Crippen molar-refractivity contribution in [3.05, 3.63) is 71.2 Å². The topological polar surface area (TPSA) is 28.4 Å². The number of aliphatic hydroxyl groups is 1. The van der Waals surface area contributed by atoms with Crippen molar-refractivity contribution in [1.82, 2.24) is 9.47 Å². The summed E-state index contributed by atoms with van der Waals surface area (Å²) in [5.41, 5.74) is 3.65. The molecular formula is C24H27FN2O. The Morgan fingerprint density at radius 1 is 1.14 bits per heavy atom. The van der Waals surface area contributed by atoms with Crippen LogP contribution in [0.15, 0.2) is 48.5 Å². The van der Waals surface area contributed by atoms with Gasteiger partial charge in [0.15, 0.2) is 0 Å². The first-order valence-corrected chi connectivity index (χ1v) is 10.2. The van der Waals surface area contributed by atoms with E-state index in [1.807, 2.05) is 6.92 Å². The zero-order chi connectivity index (χ0) is 19.6. The molecule has 2 aromatic carbocycles. The van der Waals surface area contributed by atoms with E-state index in [4.69, 9.17) is 0 Å². The molecule has 2 bridgehead atoms. The maximum atomic E-state index is 13.4. The number of aromatic nitrogens is 1. The molecule has 1 fully saturated rings. The molecule has 3 nitrogen and oxygen atoms in total. The number of nitrogens with zero attached hydrogens (tertiary/aromatic N) is 2. The Bertz CT molecular complexity index is 1040. The number of halogens is 1. The molecule has 1 N–H and O–H groups in total. The van der Waals surface area contributed by atoms with Gasteiger partial charge in [-0.1, -0.05) is 37.3 Å². The minimum atomic E-state index is -1.07. The van der Waals surface area contributed by atoms with E-state index in [2.05, 4.69) is 47.7 Å². The number of likely N-dealkylation sites (N-methyl/N-ethyl adjacent to an activating group) is 1. The number of benzene rings is 2. The van der Waals surface area contributed by atoms with Gasteiger partial charge in [-0.05, 0) is 55.6 Å². The third-order valence-corrected chi connectivity index (χ3v) is 6.98. The van der Waals surface area contributed by atoms with E-state index in [9.17, 15) is 9.50 Å². The van der Waals surface area contributed by atoms with E-state index in [1.54, 1.807) is 12.1 Å². The van der Waals surface area contributed by atoms with Crippen LogP contribution >= 0.6 is 0 Å². The lowest BCUT2D eigenvalue weighted by Gasteiger charge is -2.34. The second-order valence-electron chi connectivity index (χ2n) is 8.93. The summed E-state index contributed by atoms with van der Waals surface area (Å²) in [6.07, 6.45) is 2.24. The first-order valence-electron chi connectivity index (χ1n) is 10.2. The van der Waals surface area contributed by atoms with Gasteiger partial charge in [-0.15, -0.1) is 0 Å². The lowest BCUT2D eigenvalue weighted by atomic mass is 9.93. The van der Waals surface area contributed by atoms with E-state index in [-0.39, 0.29) is 5.82 Å². The number of fused-ring (bicyclic) bond motifs is 6. The van der Waals surface area contributed by atoms with Crippen LogP contribution in [0.5, 0.6) is 0 Å². The van der Waals surface area contributed by atoms with E-state index in [0.717, 1.165) is 12.0 Å². The summed E-state index contributed by atoms with van der Waals surface area (Å²) in [6, 6.07) is 15.8. The highest BCUT2D eigenvalue weighted by atomic mass is 19.1. The Hall–Kier alpha value is -2.17. The van der Waals surface area contributed by atoms with Gasteiger partial charge in [-0.3, -0.25) is 4.90 Å². The first-order chi connectivity index (χ1) is 13.4. The maximum Gasteiger partial charge on any atom is 0.123 e. The van der Waals surface area contributed by atoms with Gasteiger partial charge in [-0.2, -0.15) is 0 Å². The molecule has 0 saturated carbocycles. The fourth-order valence-electron chi connectivity index (χ4n) is 5.61. The number of hydrogen-bond donors (Lipinski definition) is 1. The monoisotopic (exact) mass is 378 g/mol. The van der Waals surface area contributed by atoms with E-state index >= 15 is 0 Å². The fraction of sp³-hybridized carbons (Fsp3) is 0.417. The minimum absolute atomic E-state index is 0.281. The molecule has 4 atom stereocenters. The second-order valence-corrected chi connectivity index (χ2v) is 8.93. The highest BCUT2D eigenvalue weighted by molar-refractivity contribution is 5.86. The molecule has 28 heavy (non-hydrogen) atoms. The van der Waals surface area contributed by atoms with Crippen LogP contribution in [0.2, 0.25) is 0 Å². The van der Waals surface area contributed by atoms with Crippen LogP contribution in [0.3, 0.4) is 0 Å². The van der Waals surface area contributed by atoms with Crippen LogP contribution in [-0.4, -0.2) is 27.7 Å². The number of rotatable bonds is 3. The molecule has 0 spiro atoms. The highest BCUT2D eigenvalue weighted by Gasteiger charge is 2.45. The van der Waals surface area contributed by atoms with E-state index in [0.29, 0.717) is 24.5 Å².